The molecule has 0 atom stereocenters. The van der Waals surface area contributed by atoms with Crippen LogP contribution in [0.25, 0.3) is 11.0 Å². The van der Waals surface area contributed by atoms with Crippen LogP contribution in [-0.2, 0) is 13.0 Å². The van der Waals surface area contributed by atoms with Crippen LogP contribution < -0.4 is 5.32 Å². The van der Waals surface area contributed by atoms with Crippen molar-refractivity contribution in [2.45, 2.75) is 39.7 Å². The highest BCUT2D eigenvalue weighted by molar-refractivity contribution is 5.76. The summed E-state index contributed by atoms with van der Waals surface area (Å²) in [6.45, 7) is 6.38. The van der Waals surface area contributed by atoms with E-state index in [0.29, 0.717) is 0 Å². The van der Waals surface area contributed by atoms with Gasteiger partial charge in [0, 0.05) is 25.2 Å². The molecule has 3 rings (SSSR count). The summed E-state index contributed by atoms with van der Waals surface area (Å²) in [5.74, 6) is 1.20. The van der Waals surface area contributed by atoms with Crippen LogP contribution in [0.15, 0.2) is 48.5 Å². The van der Waals surface area contributed by atoms with Crippen molar-refractivity contribution in [3.63, 3.8) is 0 Å². The molecular weight excluding hydrogens is 282 g/mol. The number of hydrogen-bond acceptors (Lipinski definition) is 2. The normalized spacial score (nSPS) is 11.0. The van der Waals surface area contributed by atoms with Crippen LogP contribution in [0.5, 0.6) is 0 Å². The Labute approximate surface area is 138 Å². The number of nitrogens with one attached hydrogen (secondary N) is 1. The van der Waals surface area contributed by atoms with Gasteiger partial charge in [0.05, 0.1) is 11.0 Å². The van der Waals surface area contributed by atoms with Crippen LogP contribution in [0.3, 0.4) is 0 Å². The lowest BCUT2D eigenvalue weighted by Gasteiger charge is -2.09. The van der Waals surface area contributed by atoms with Gasteiger partial charge in [-0.2, -0.15) is 0 Å². The second-order valence-corrected chi connectivity index (χ2v) is 6.03. The second-order valence-electron chi connectivity index (χ2n) is 6.03. The second kappa shape index (κ2) is 7.32. The summed E-state index contributed by atoms with van der Waals surface area (Å²) in [4.78, 5) is 4.77. The average molecular weight is 307 g/mol. The molecule has 0 aliphatic heterocycles. The van der Waals surface area contributed by atoms with Gasteiger partial charge in [-0.15, -0.1) is 0 Å². The van der Waals surface area contributed by atoms with E-state index in [1.807, 2.05) is 6.07 Å². The van der Waals surface area contributed by atoms with Crippen molar-refractivity contribution in [1.29, 1.82) is 0 Å². The Kier molecular flexibility index (Phi) is 4.96. The molecule has 0 aliphatic rings. The lowest BCUT2D eigenvalue weighted by atomic mass is 10.2. The minimum Gasteiger partial charge on any atom is -0.385 e. The predicted molar refractivity (Wildman–Crippen MR) is 98.0 cm³/mol. The molecule has 0 bridgehead atoms. The number of nitrogens with zero attached hydrogens (tertiary/aromatic N) is 2. The van der Waals surface area contributed by atoms with Crippen LogP contribution in [0, 0.1) is 6.92 Å². The van der Waals surface area contributed by atoms with E-state index < -0.39 is 0 Å². The zero-order valence-corrected chi connectivity index (χ0v) is 14.0. The molecule has 0 aliphatic carbocycles. The number of anilines is 1. The van der Waals surface area contributed by atoms with Gasteiger partial charge in [0.2, 0.25) is 0 Å². The SMILES string of the molecule is CCc1nc2ccc(C)cc2n1CCCCNc1ccccc1. The van der Waals surface area contributed by atoms with Crippen molar-refractivity contribution in [1.82, 2.24) is 9.55 Å². The van der Waals surface area contributed by atoms with E-state index in [-0.39, 0.29) is 0 Å². The summed E-state index contributed by atoms with van der Waals surface area (Å²) in [7, 11) is 0. The van der Waals surface area contributed by atoms with Crippen LogP contribution in [0.2, 0.25) is 0 Å². The summed E-state index contributed by atoms with van der Waals surface area (Å²) in [6.07, 6.45) is 3.30. The van der Waals surface area contributed by atoms with Gasteiger partial charge in [0.1, 0.15) is 5.82 Å². The smallest absolute Gasteiger partial charge is 0.109 e. The summed E-state index contributed by atoms with van der Waals surface area (Å²) in [5, 5.41) is 3.47. The molecule has 1 aromatic heterocycles. The first-order chi connectivity index (χ1) is 11.3. The number of aryl methyl sites for hydroxylation is 3. The molecule has 120 valence electrons. The lowest BCUT2D eigenvalue weighted by Crippen LogP contribution is -2.06. The molecule has 0 saturated carbocycles. The number of para-hydroxylation sites is 1. The maximum Gasteiger partial charge on any atom is 0.109 e. The number of imidazole rings is 1. The number of rotatable bonds is 7. The number of fused-ring (bicyclic) bond motifs is 1. The largest absolute Gasteiger partial charge is 0.385 e. The highest BCUT2D eigenvalue weighted by Crippen LogP contribution is 2.19. The zero-order chi connectivity index (χ0) is 16.1. The first-order valence-corrected chi connectivity index (χ1v) is 8.52. The van der Waals surface area contributed by atoms with Crippen LogP contribution in [0.4, 0.5) is 5.69 Å². The first kappa shape index (κ1) is 15.6. The fourth-order valence-electron chi connectivity index (χ4n) is 2.99. The molecule has 23 heavy (non-hydrogen) atoms. The number of benzene rings is 2. The Morgan fingerprint density at radius 2 is 1.87 bits per heavy atom. The van der Waals surface area contributed by atoms with Gasteiger partial charge < -0.3 is 9.88 Å². The lowest BCUT2D eigenvalue weighted by molar-refractivity contribution is 0.611. The third-order valence-corrected chi connectivity index (χ3v) is 4.21. The van der Waals surface area contributed by atoms with Gasteiger partial charge in [0.15, 0.2) is 0 Å². The average Bonchev–Trinajstić information content (AvgIpc) is 2.92. The van der Waals surface area contributed by atoms with Gasteiger partial charge in [-0.25, -0.2) is 4.98 Å². The van der Waals surface area contributed by atoms with E-state index in [1.54, 1.807) is 0 Å². The Bertz CT molecular complexity index is 759. The van der Waals surface area contributed by atoms with E-state index >= 15 is 0 Å². The third kappa shape index (κ3) is 3.73. The minimum atomic E-state index is 0.982. The molecule has 1 N–H and O–H groups in total. The molecule has 3 aromatic rings. The fourth-order valence-corrected chi connectivity index (χ4v) is 2.99. The molecular formula is C20H25N3. The van der Waals surface area contributed by atoms with E-state index in [2.05, 4.69) is 66.2 Å². The van der Waals surface area contributed by atoms with Crippen LogP contribution in [0.1, 0.15) is 31.2 Å². The molecule has 0 amide bonds. The number of hydrogen-bond donors (Lipinski definition) is 1. The van der Waals surface area contributed by atoms with Gasteiger partial charge in [-0.1, -0.05) is 31.2 Å². The van der Waals surface area contributed by atoms with Crippen molar-refractivity contribution < 1.29 is 0 Å². The highest BCUT2D eigenvalue weighted by atomic mass is 15.1. The van der Waals surface area contributed by atoms with Crippen molar-refractivity contribution in [3.8, 4) is 0 Å². The summed E-state index contributed by atoms with van der Waals surface area (Å²) >= 11 is 0. The van der Waals surface area contributed by atoms with Crippen molar-refractivity contribution in [2.75, 3.05) is 11.9 Å². The molecule has 3 nitrogen and oxygen atoms in total. The van der Waals surface area contributed by atoms with E-state index in [0.717, 1.165) is 37.9 Å². The van der Waals surface area contributed by atoms with Crippen LogP contribution in [-0.4, -0.2) is 16.1 Å². The Morgan fingerprint density at radius 1 is 1.04 bits per heavy atom. The van der Waals surface area contributed by atoms with Gasteiger partial charge in [-0.3, -0.25) is 0 Å². The summed E-state index contributed by atoms with van der Waals surface area (Å²) in [5.41, 5.74) is 4.89. The summed E-state index contributed by atoms with van der Waals surface area (Å²) in [6, 6.07) is 16.9. The molecule has 3 heteroatoms. The zero-order valence-electron chi connectivity index (χ0n) is 14.0. The Morgan fingerprint density at radius 3 is 2.65 bits per heavy atom. The topological polar surface area (TPSA) is 29.9 Å². The molecule has 1 heterocycles. The third-order valence-electron chi connectivity index (χ3n) is 4.21. The standard InChI is InChI=1S/C20H25N3/c1-3-20-22-18-12-11-16(2)15-19(18)23(20)14-8-7-13-21-17-9-5-4-6-10-17/h4-6,9-12,15,21H,3,7-8,13-14H2,1-2H3. The van der Waals surface area contributed by atoms with Crippen molar-refractivity contribution in [3.05, 3.63) is 59.9 Å². The minimum absolute atomic E-state index is 0.982. The monoisotopic (exact) mass is 307 g/mol. The molecule has 2 aromatic carbocycles. The van der Waals surface area contributed by atoms with Gasteiger partial charge >= 0.3 is 0 Å². The highest BCUT2D eigenvalue weighted by Gasteiger charge is 2.08. The molecule has 0 spiro atoms. The van der Waals surface area contributed by atoms with E-state index in [9.17, 15) is 0 Å². The van der Waals surface area contributed by atoms with Gasteiger partial charge in [0.25, 0.3) is 0 Å². The first-order valence-electron chi connectivity index (χ1n) is 8.52. The van der Waals surface area contributed by atoms with Crippen molar-refractivity contribution >= 4 is 16.7 Å². The number of unbranched alkanes of at least 4 members (excludes halogenated alkanes) is 1. The summed E-state index contributed by atoms with van der Waals surface area (Å²) < 4.78 is 2.39. The van der Waals surface area contributed by atoms with Gasteiger partial charge in [-0.05, 0) is 49.6 Å². The molecule has 0 unspecified atom stereocenters. The van der Waals surface area contributed by atoms with E-state index in [4.69, 9.17) is 4.98 Å². The molecule has 0 fully saturated rings. The van der Waals surface area contributed by atoms with Crippen molar-refractivity contribution in [2.24, 2.45) is 0 Å². The Hall–Kier alpha value is -2.29. The molecule has 0 radical (unpaired) electrons. The Balaban J connectivity index is 1.59. The maximum absolute atomic E-state index is 4.77. The molecule has 0 saturated heterocycles. The van der Waals surface area contributed by atoms with Crippen LogP contribution >= 0.6 is 0 Å². The quantitative estimate of drug-likeness (QED) is 0.635. The number of aromatic nitrogens is 2. The fraction of sp³-hybridized carbons (Fsp3) is 0.350. The predicted octanol–water partition coefficient (Wildman–Crippen LogP) is 4.80. The maximum atomic E-state index is 4.77. The van der Waals surface area contributed by atoms with E-state index in [1.165, 1.54) is 22.6 Å².